The Balaban J connectivity index is 2.15. The summed E-state index contributed by atoms with van der Waals surface area (Å²) in [6.07, 6.45) is 2.92. The molecule has 0 saturated carbocycles. The molecule has 78 valence electrons. The van der Waals surface area contributed by atoms with E-state index in [2.05, 4.69) is 4.98 Å². The van der Waals surface area contributed by atoms with Crippen LogP contribution in [0.3, 0.4) is 0 Å². The van der Waals surface area contributed by atoms with Crippen LogP contribution in [0.1, 0.15) is 12.0 Å². The van der Waals surface area contributed by atoms with Crippen molar-refractivity contribution in [2.75, 3.05) is 19.5 Å². The minimum Gasteiger partial charge on any atom is -0.385 e. The van der Waals surface area contributed by atoms with Crippen molar-refractivity contribution in [1.82, 2.24) is 4.98 Å². The standard InChI is InChI=1S/C10H14ClNOS/c1-13-5-2-6-14-8-9-3-4-10(11)12-7-9/h3-4,7H,2,5-6,8H2,1H3. The molecule has 0 fully saturated rings. The first-order valence-electron chi connectivity index (χ1n) is 4.50. The van der Waals surface area contributed by atoms with Gasteiger partial charge in [0.2, 0.25) is 0 Å². The number of pyridine rings is 1. The molecule has 0 bridgehead atoms. The lowest BCUT2D eigenvalue weighted by Gasteiger charge is -2.01. The van der Waals surface area contributed by atoms with Crippen LogP contribution in [-0.4, -0.2) is 24.5 Å². The van der Waals surface area contributed by atoms with Crippen LogP contribution in [0, 0.1) is 0 Å². The molecule has 0 aromatic carbocycles. The van der Waals surface area contributed by atoms with Gasteiger partial charge in [0.15, 0.2) is 0 Å². The summed E-state index contributed by atoms with van der Waals surface area (Å²) in [4.78, 5) is 4.02. The quantitative estimate of drug-likeness (QED) is 0.555. The SMILES string of the molecule is COCCCSCc1ccc(Cl)nc1. The molecule has 1 aromatic rings. The van der Waals surface area contributed by atoms with Crippen molar-refractivity contribution in [2.45, 2.75) is 12.2 Å². The van der Waals surface area contributed by atoms with Crippen molar-refractivity contribution in [3.05, 3.63) is 29.0 Å². The number of hydrogen-bond acceptors (Lipinski definition) is 3. The van der Waals surface area contributed by atoms with Crippen molar-refractivity contribution in [3.8, 4) is 0 Å². The first-order chi connectivity index (χ1) is 6.83. The zero-order valence-electron chi connectivity index (χ0n) is 8.20. The number of thioether (sulfide) groups is 1. The van der Waals surface area contributed by atoms with Gasteiger partial charge in [-0.1, -0.05) is 17.7 Å². The lowest BCUT2D eigenvalue weighted by molar-refractivity contribution is 0.200. The third kappa shape index (κ3) is 4.84. The van der Waals surface area contributed by atoms with Crippen LogP contribution < -0.4 is 0 Å². The molecule has 0 radical (unpaired) electrons. The van der Waals surface area contributed by atoms with E-state index >= 15 is 0 Å². The minimum atomic E-state index is 0.554. The predicted molar refractivity (Wildman–Crippen MR) is 61.9 cm³/mol. The number of nitrogens with zero attached hydrogens (tertiary/aromatic N) is 1. The van der Waals surface area contributed by atoms with E-state index in [4.69, 9.17) is 16.3 Å². The van der Waals surface area contributed by atoms with Gasteiger partial charge in [-0.05, 0) is 23.8 Å². The van der Waals surface area contributed by atoms with Crippen molar-refractivity contribution in [3.63, 3.8) is 0 Å². The zero-order chi connectivity index (χ0) is 10.2. The van der Waals surface area contributed by atoms with Crippen molar-refractivity contribution < 1.29 is 4.74 Å². The van der Waals surface area contributed by atoms with Crippen molar-refractivity contribution >= 4 is 23.4 Å². The van der Waals surface area contributed by atoms with E-state index in [9.17, 15) is 0 Å². The van der Waals surface area contributed by atoms with Crippen molar-refractivity contribution in [1.29, 1.82) is 0 Å². The van der Waals surface area contributed by atoms with Gasteiger partial charge in [0, 0.05) is 25.7 Å². The van der Waals surface area contributed by atoms with Crippen molar-refractivity contribution in [2.24, 2.45) is 0 Å². The summed E-state index contributed by atoms with van der Waals surface area (Å²) in [5.74, 6) is 2.12. The molecule has 1 aromatic heterocycles. The molecule has 2 nitrogen and oxygen atoms in total. The van der Waals surface area contributed by atoms with Crippen LogP contribution in [0.2, 0.25) is 5.15 Å². The Bertz CT molecular complexity index is 253. The highest BCUT2D eigenvalue weighted by Gasteiger charge is 1.94. The molecule has 4 heteroatoms. The molecule has 14 heavy (non-hydrogen) atoms. The molecule has 0 saturated heterocycles. The maximum atomic E-state index is 5.68. The Morgan fingerprint density at radius 1 is 1.50 bits per heavy atom. The lowest BCUT2D eigenvalue weighted by Crippen LogP contribution is -1.91. The average molecular weight is 232 g/mol. The van der Waals surface area contributed by atoms with Crippen LogP contribution in [0.15, 0.2) is 18.3 Å². The topological polar surface area (TPSA) is 22.1 Å². The maximum absolute atomic E-state index is 5.68. The second-order valence-corrected chi connectivity index (χ2v) is 4.38. The molecule has 0 aliphatic heterocycles. The number of aromatic nitrogens is 1. The third-order valence-electron chi connectivity index (χ3n) is 1.69. The summed E-state index contributed by atoms with van der Waals surface area (Å²) in [5.41, 5.74) is 1.22. The Kier molecular flexibility index (Phi) is 5.99. The number of hydrogen-bond donors (Lipinski definition) is 0. The highest BCUT2D eigenvalue weighted by atomic mass is 35.5. The van der Waals surface area contributed by atoms with Gasteiger partial charge in [-0.2, -0.15) is 11.8 Å². The largest absolute Gasteiger partial charge is 0.385 e. The second-order valence-electron chi connectivity index (χ2n) is 2.89. The summed E-state index contributed by atoms with van der Waals surface area (Å²) in [7, 11) is 1.73. The second kappa shape index (κ2) is 7.10. The van der Waals surface area contributed by atoms with Gasteiger partial charge < -0.3 is 4.74 Å². The minimum absolute atomic E-state index is 0.554. The van der Waals surface area contributed by atoms with Crippen LogP contribution >= 0.6 is 23.4 Å². The highest BCUT2D eigenvalue weighted by Crippen LogP contribution is 2.13. The van der Waals surface area contributed by atoms with Crippen LogP contribution in [0.25, 0.3) is 0 Å². The van der Waals surface area contributed by atoms with Crippen LogP contribution in [-0.2, 0) is 10.5 Å². The number of halogens is 1. The monoisotopic (exact) mass is 231 g/mol. The molecule has 1 heterocycles. The van der Waals surface area contributed by atoms with E-state index in [1.807, 2.05) is 30.1 Å². The average Bonchev–Trinajstić information content (AvgIpc) is 2.21. The Morgan fingerprint density at radius 3 is 3.00 bits per heavy atom. The molecule has 0 atom stereocenters. The number of ether oxygens (including phenoxy) is 1. The summed E-state index contributed by atoms with van der Waals surface area (Å²) in [6, 6.07) is 3.84. The Hall–Kier alpha value is -0.250. The molecule has 0 spiro atoms. The maximum Gasteiger partial charge on any atom is 0.129 e. The van der Waals surface area contributed by atoms with Crippen LogP contribution in [0.4, 0.5) is 0 Å². The lowest BCUT2D eigenvalue weighted by atomic mass is 10.3. The number of methoxy groups -OCH3 is 1. The van der Waals surface area contributed by atoms with E-state index in [1.165, 1.54) is 5.56 Å². The first kappa shape index (κ1) is 11.8. The smallest absolute Gasteiger partial charge is 0.129 e. The van der Waals surface area contributed by atoms with E-state index in [-0.39, 0.29) is 0 Å². The zero-order valence-corrected chi connectivity index (χ0v) is 9.77. The fourth-order valence-corrected chi connectivity index (χ4v) is 1.97. The fourth-order valence-electron chi connectivity index (χ4n) is 0.987. The highest BCUT2D eigenvalue weighted by molar-refractivity contribution is 7.98. The first-order valence-corrected chi connectivity index (χ1v) is 6.03. The van der Waals surface area contributed by atoms with E-state index < -0.39 is 0 Å². The van der Waals surface area contributed by atoms with Gasteiger partial charge in [-0.25, -0.2) is 4.98 Å². The molecule has 0 N–H and O–H groups in total. The number of rotatable bonds is 6. The van der Waals surface area contributed by atoms with E-state index in [0.29, 0.717) is 5.15 Å². The summed E-state index contributed by atoms with van der Waals surface area (Å²) in [6.45, 7) is 0.839. The predicted octanol–water partition coefficient (Wildman–Crippen LogP) is 3.00. The van der Waals surface area contributed by atoms with Gasteiger partial charge in [-0.15, -0.1) is 0 Å². The van der Waals surface area contributed by atoms with E-state index in [1.54, 1.807) is 7.11 Å². The molecular weight excluding hydrogens is 218 g/mol. The molecular formula is C10H14ClNOS. The van der Waals surface area contributed by atoms with Crippen LogP contribution in [0.5, 0.6) is 0 Å². The van der Waals surface area contributed by atoms with Gasteiger partial charge in [0.1, 0.15) is 5.15 Å². The summed E-state index contributed by atoms with van der Waals surface area (Å²) in [5, 5.41) is 0.554. The fraction of sp³-hybridized carbons (Fsp3) is 0.500. The van der Waals surface area contributed by atoms with Gasteiger partial charge in [0.25, 0.3) is 0 Å². The van der Waals surface area contributed by atoms with Gasteiger partial charge in [-0.3, -0.25) is 0 Å². The van der Waals surface area contributed by atoms with Gasteiger partial charge in [0.05, 0.1) is 0 Å². The molecule has 0 aliphatic rings. The Labute approximate surface area is 94.0 Å². The molecule has 0 amide bonds. The summed E-state index contributed by atoms with van der Waals surface area (Å²) >= 11 is 7.57. The molecule has 0 unspecified atom stereocenters. The molecule has 0 aliphatic carbocycles. The normalized spacial score (nSPS) is 10.4. The van der Waals surface area contributed by atoms with E-state index in [0.717, 1.165) is 24.5 Å². The third-order valence-corrected chi connectivity index (χ3v) is 3.03. The molecule has 1 rings (SSSR count). The summed E-state index contributed by atoms with van der Waals surface area (Å²) < 4.78 is 4.97. The Morgan fingerprint density at radius 2 is 2.36 bits per heavy atom. The van der Waals surface area contributed by atoms with Gasteiger partial charge >= 0.3 is 0 Å².